The van der Waals surface area contributed by atoms with Crippen LogP contribution in [0.15, 0.2) is 46.8 Å². The molecular weight excluding hydrogens is 566 g/mol. The summed E-state index contributed by atoms with van der Waals surface area (Å²) in [5, 5.41) is 2.78. The zero-order valence-electron chi connectivity index (χ0n) is 24.1. The van der Waals surface area contributed by atoms with Crippen LogP contribution in [0.2, 0.25) is 0 Å². The Balaban J connectivity index is 1.46. The van der Waals surface area contributed by atoms with Crippen molar-refractivity contribution in [3.05, 3.63) is 46.8 Å². The van der Waals surface area contributed by atoms with Gasteiger partial charge < -0.3 is 14.8 Å². The number of hydrogen-bond donors (Lipinski definition) is 1. The highest BCUT2D eigenvalue weighted by atomic mass is 19.4. The van der Waals surface area contributed by atoms with E-state index < -0.39 is 48.0 Å². The van der Waals surface area contributed by atoms with E-state index in [0.29, 0.717) is 42.6 Å². The van der Waals surface area contributed by atoms with Crippen molar-refractivity contribution in [2.45, 2.75) is 95.6 Å². The fraction of sp³-hybridized carbons (Fsp3) is 0.667. The SMILES string of the molecule is CCCC1=CC2C(COC2(C(F)(F)F)C(F)(F)F)C(CCC)=C1OCCCCN1C(=O)NC(C)(C2=CCCC=C2)C1=O. The number of fused-ring (bicyclic) bond motifs is 1. The van der Waals surface area contributed by atoms with Crippen LogP contribution in [-0.2, 0) is 14.3 Å². The first-order valence-corrected chi connectivity index (χ1v) is 14.6. The van der Waals surface area contributed by atoms with Crippen LogP contribution in [0.1, 0.15) is 72.1 Å². The molecule has 3 unspecified atom stereocenters. The maximum Gasteiger partial charge on any atom is 0.427 e. The number of allylic oxidation sites excluding steroid dienone is 3. The lowest BCUT2D eigenvalue weighted by atomic mass is 9.70. The molecule has 0 saturated carbocycles. The van der Waals surface area contributed by atoms with Gasteiger partial charge in [0.25, 0.3) is 11.5 Å². The smallest absolute Gasteiger partial charge is 0.427 e. The van der Waals surface area contributed by atoms with E-state index in [1.54, 1.807) is 20.8 Å². The molecule has 2 heterocycles. The molecule has 4 aliphatic rings. The van der Waals surface area contributed by atoms with Crippen molar-refractivity contribution in [3.63, 3.8) is 0 Å². The van der Waals surface area contributed by atoms with Crippen LogP contribution in [0.3, 0.4) is 0 Å². The lowest BCUT2D eigenvalue weighted by Crippen LogP contribution is -2.61. The first kappa shape index (κ1) is 32.2. The second-order valence-electron chi connectivity index (χ2n) is 11.4. The summed E-state index contributed by atoms with van der Waals surface area (Å²) >= 11 is 0. The second kappa shape index (κ2) is 12.1. The molecule has 0 bridgehead atoms. The molecule has 4 rings (SSSR count). The van der Waals surface area contributed by atoms with Crippen molar-refractivity contribution >= 4 is 11.9 Å². The van der Waals surface area contributed by atoms with Crippen molar-refractivity contribution < 1.29 is 45.4 Å². The summed E-state index contributed by atoms with van der Waals surface area (Å²) in [5.74, 6) is -3.04. The fourth-order valence-corrected chi connectivity index (χ4v) is 6.47. The Morgan fingerprint density at radius 1 is 1.05 bits per heavy atom. The van der Waals surface area contributed by atoms with E-state index in [1.165, 1.54) is 4.90 Å². The lowest BCUT2D eigenvalue weighted by Gasteiger charge is -2.39. The molecule has 1 N–H and O–H groups in total. The third kappa shape index (κ3) is 5.51. The van der Waals surface area contributed by atoms with Gasteiger partial charge in [0.2, 0.25) is 0 Å². The number of halogens is 6. The summed E-state index contributed by atoms with van der Waals surface area (Å²) in [5.41, 5.74) is -3.91. The fourth-order valence-electron chi connectivity index (χ4n) is 6.47. The monoisotopic (exact) mass is 604 g/mol. The number of nitrogens with zero attached hydrogens (tertiary/aromatic N) is 1. The molecule has 0 aromatic rings. The van der Waals surface area contributed by atoms with E-state index in [4.69, 9.17) is 4.74 Å². The van der Waals surface area contributed by atoms with Gasteiger partial charge in [-0.25, -0.2) is 4.79 Å². The van der Waals surface area contributed by atoms with Crippen LogP contribution in [0, 0.1) is 11.8 Å². The normalized spacial score (nSPS) is 27.7. The van der Waals surface area contributed by atoms with E-state index in [2.05, 4.69) is 10.1 Å². The summed E-state index contributed by atoms with van der Waals surface area (Å²) in [6.45, 7) is 4.84. The van der Waals surface area contributed by atoms with Crippen molar-refractivity contribution in [1.82, 2.24) is 10.2 Å². The predicted octanol–water partition coefficient (Wildman–Crippen LogP) is 7.29. The van der Waals surface area contributed by atoms with Gasteiger partial charge in [0.1, 0.15) is 11.3 Å². The number of nitrogens with one attached hydrogen (secondary N) is 1. The topological polar surface area (TPSA) is 67.9 Å². The molecule has 42 heavy (non-hydrogen) atoms. The molecule has 0 aromatic heterocycles. The molecule has 6 nitrogen and oxygen atoms in total. The zero-order valence-corrected chi connectivity index (χ0v) is 24.1. The number of urea groups is 1. The summed E-state index contributed by atoms with van der Waals surface area (Å²) in [6, 6.07) is -0.484. The van der Waals surface area contributed by atoms with Crippen LogP contribution >= 0.6 is 0 Å². The average Bonchev–Trinajstić information content (AvgIpc) is 3.42. The Morgan fingerprint density at radius 2 is 1.74 bits per heavy atom. The number of unbranched alkanes of at least 4 members (excludes halogenated alkanes) is 1. The van der Waals surface area contributed by atoms with E-state index in [0.717, 1.165) is 24.5 Å². The van der Waals surface area contributed by atoms with Crippen molar-refractivity contribution in [2.24, 2.45) is 11.8 Å². The van der Waals surface area contributed by atoms with Gasteiger partial charge in [-0.05, 0) is 62.2 Å². The molecule has 3 amide bonds. The number of alkyl halides is 6. The number of carbonyl (C=O) groups is 2. The number of carbonyl (C=O) groups excluding carboxylic acids is 2. The highest BCUT2D eigenvalue weighted by Gasteiger charge is 2.79. The minimum atomic E-state index is -5.65. The third-order valence-corrected chi connectivity index (χ3v) is 8.56. The number of hydrogen-bond acceptors (Lipinski definition) is 4. The number of amides is 3. The number of imide groups is 1. The van der Waals surface area contributed by atoms with Crippen LogP contribution in [0.5, 0.6) is 0 Å². The molecule has 2 aliphatic carbocycles. The molecule has 2 saturated heterocycles. The molecule has 0 radical (unpaired) electrons. The minimum Gasteiger partial charge on any atom is -0.493 e. The van der Waals surface area contributed by atoms with Gasteiger partial charge in [-0.2, -0.15) is 26.3 Å². The second-order valence-corrected chi connectivity index (χ2v) is 11.4. The Hall–Kier alpha value is -2.76. The quantitative estimate of drug-likeness (QED) is 0.153. The van der Waals surface area contributed by atoms with Crippen LogP contribution in [0.4, 0.5) is 31.1 Å². The van der Waals surface area contributed by atoms with E-state index in [-0.39, 0.29) is 31.9 Å². The minimum absolute atomic E-state index is 0.125. The highest BCUT2D eigenvalue weighted by Crippen LogP contribution is 2.60. The zero-order chi connectivity index (χ0) is 30.9. The van der Waals surface area contributed by atoms with Gasteiger partial charge in [0.15, 0.2) is 0 Å². The first-order chi connectivity index (χ1) is 19.7. The van der Waals surface area contributed by atoms with Crippen LogP contribution in [0.25, 0.3) is 0 Å². The standard InChI is InChI=1S/C30H38F6N2O4/c1-4-11-19-17-23-22(18-42-28(23,29(31,32)33)30(34,35)36)21(12-5-2)24(19)41-16-10-9-15-38-25(39)27(3,37-26(38)40)20-13-7-6-8-14-20/h7,13-14,17,22-23H,4-6,8-12,15-16,18H2,1-3H3,(H,37,40). The van der Waals surface area contributed by atoms with E-state index in [1.807, 2.05) is 18.2 Å². The lowest BCUT2D eigenvalue weighted by molar-refractivity contribution is -0.376. The molecule has 0 aromatic carbocycles. The Morgan fingerprint density at radius 3 is 2.33 bits per heavy atom. The van der Waals surface area contributed by atoms with Crippen molar-refractivity contribution in [3.8, 4) is 0 Å². The molecule has 234 valence electrons. The number of rotatable bonds is 11. The van der Waals surface area contributed by atoms with Gasteiger partial charge in [-0.3, -0.25) is 9.69 Å². The summed E-state index contributed by atoms with van der Waals surface area (Å²) in [7, 11) is 0. The molecule has 12 heteroatoms. The van der Waals surface area contributed by atoms with Crippen molar-refractivity contribution in [2.75, 3.05) is 19.8 Å². The van der Waals surface area contributed by atoms with E-state index >= 15 is 0 Å². The third-order valence-electron chi connectivity index (χ3n) is 8.56. The van der Waals surface area contributed by atoms with Gasteiger partial charge in [-0.1, -0.05) is 51.0 Å². The first-order valence-electron chi connectivity index (χ1n) is 14.6. The Kier molecular flexibility index (Phi) is 9.25. The molecular formula is C30H38F6N2O4. The van der Waals surface area contributed by atoms with Gasteiger partial charge in [0, 0.05) is 18.4 Å². The Labute approximate surface area is 241 Å². The summed E-state index contributed by atoms with van der Waals surface area (Å²) < 4.78 is 95.0. The van der Waals surface area contributed by atoms with Gasteiger partial charge in [0.05, 0.1) is 13.2 Å². The predicted molar refractivity (Wildman–Crippen MR) is 143 cm³/mol. The summed E-state index contributed by atoms with van der Waals surface area (Å²) in [6.07, 6.45) is -0.461. The highest BCUT2D eigenvalue weighted by molar-refractivity contribution is 6.09. The number of ether oxygens (including phenoxy) is 2. The maximum atomic E-state index is 14.0. The van der Waals surface area contributed by atoms with E-state index in [9.17, 15) is 35.9 Å². The van der Waals surface area contributed by atoms with Gasteiger partial charge in [-0.15, -0.1) is 0 Å². The Bertz CT molecular complexity index is 1170. The molecule has 0 spiro atoms. The molecule has 3 atom stereocenters. The maximum absolute atomic E-state index is 14.0. The molecule has 2 aliphatic heterocycles. The van der Waals surface area contributed by atoms with Crippen molar-refractivity contribution in [1.29, 1.82) is 0 Å². The molecule has 2 fully saturated rings. The summed E-state index contributed by atoms with van der Waals surface area (Å²) in [4.78, 5) is 26.9. The largest absolute Gasteiger partial charge is 0.493 e. The van der Waals surface area contributed by atoms with Gasteiger partial charge >= 0.3 is 18.4 Å². The van der Waals surface area contributed by atoms with Crippen LogP contribution in [-0.4, -0.2) is 60.1 Å². The van der Waals surface area contributed by atoms with Crippen LogP contribution < -0.4 is 5.32 Å². The average molecular weight is 605 g/mol.